The van der Waals surface area contributed by atoms with Gasteiger partial charge in [-0.15, -0.1) is 0 Å². The lowest BCUT2D eigenvalue weighted by Crippen LogP contribution is -2.43. The molecule has 0 bridgehead atoms. The van der Waals surface area contributed by atoms with Gasteiger partial charge in [0, 0.05) is 14.1 Å². The minimum absolute atomic E-state index is 0.0180. The third-order valence-electron chi connectivity index (χ3n) is 1.74. The highest BCUT2D eigenvalue weighted by Crippen LogP contribution is 1.97. The topological polar surface area (TPSA) is 135 Å². The Morgan fingerprint density at radius 2 is 2.25 bits per heavy atom. The van der Waals surface area contributed by atoms with Crippen LogP contribution in [0, 0.1) is 5.41 Å². The summed E-state index contributed by atoms with van der Waals surface area (Å²) >= 11 is 0. The van der Waals surface area contributed by atoms with Crippen LogP contribution < -0.4 is 16.4 Å². The first-order chi connectivity index (χ1) is 7.43. The maximum atomic E-state index is 11.2. The summed E-state index contributed by atoms with van der Waals surface area (Å²) in [6.07, 6.45) is -0.488. The minimum Gasteiger partial charge on any atom is -0.513 e. The Balaban J connectivity index is 4.49. The number of aliphatic hydroxyl groups is 2. The molecule has 0 aromatic heterocycles. The zero-order chi connectivity index (χ0) is 12.7. The molecule has 92 valence electrons. The lowest BCUT2D eigenvalue weighted by atomic mass is 10.3. The summed E-state index contributed by atoms with van der Waals surface area (Å²) in [7, 11) is 2.79. The number of hydrogen-bond acceptors (Lipinski definition) is 6. The molecule has 0 saturated heterocycles. The highest BCUT2D eigenvalue weighted by molar-refractivity contribution is 6.04. The van der Waals surface area contributed by atoms with Crippen molar-refractivity contribution in [1.29, 1.82) is 5.41 Å². The summed E-state index contributed by atoms with van der Waals surface area (Å²) in [5.41, 5.74) is 5.06. The molecule has 0 spiro atoms. The second-order valence-electron chi connectivity index (χ2n) is 2.95. The van der Waals surface area contributed by atoms with Crippen molar-refractivity contribution in [3.05, 3.63) is 12.0 Å². The average molecular weight is 231 g/mol. The zero-order valence-corrected chi connectivity index (χ0v) is 9.19. The van der Waals surface area contributed by atoms with Crippen LogP contribution in [-0.2, 0) is 0 Å². The van der Waals surface area contributed by atoms with Gasteiger partial charge in [-0.1, -0.05) is 0 Å². The molecule has 2 amide bonds. The highest BCUT2D eigenvalue weighted by atomic mass is 16.3. The Morgan fingerprint density at radius 1 is 1.69 bits per heavy atom. The van der Waals surface area contributed by atoms with Crippen LogP contribution in [0.5, 0.6) is 0 Å². The molecule has 0 heterocycles. The number of nitrogens with one attached hydrogen (secondary N) is 3. The van der Waals surface area contributed by atoms with E-state index in [-0.39, 0.29) is 18.1 Å². The summed E-state index contributed by atoms with van der Waals surface area (Å²) in [6.45, 7) is -0.0453. The predicted molar refractivity (Wildman–Crippen MR) is 58.9 cm³/mol. The second-order valence-corrected chi connectivity index (χ2v) is 2.95. The molecule has 0 saturated carbocycles. The molecule has 0 radical (unpaired) electrons. The number of aliphatic hydroxyl groups excluding tert-OH is 2. The van der Waals surface area contributed by atoms with Crippen LogP contribution in [0.3, 0.4) is 0 Å². The molecule has 0 aliphatic heterocycles. The van der Waals surface area contributed by atoms with Crippen LogP contribution in [0.15, 0.2) is 12.0 Å². The van der Waals surface area contributed by atoms with Gasteiger partial charge in [-0.3, -0.25) is 10.3 Å². The van der Waals surface area contributed by atoms with Crippen molar-refractivity contribution in [3.8, 4) is 0 Å². The average Bonchev–Trinajstić information content (AvgIpc) is 2.27. The third kappa shape index (κ3) is 4.15. The first kappa shape index (κ1) is 14.2. The van der Waals surface area contributed by atoms with E-state index in [1.54, 1.807) is 0 Å². The fourth-order valence-electron chi connectivity index (χ4n) is 0.855. The van der Waals surface area contributed by atoms with Gasteiger partial charge < -0.3 is 26.6 Å². The van der Waals surface area contributed by atoms with Crippen LogP contribution in [0.25, 0.3) is 0 Å². The standard InChI is InChI=1S/C8H17N5O3/c1-11-8(16)13(2)7(10)5(4-14)12-3-6(9)15/h4,6,10,12,14-15H,3,9H2,1-2H3,(H,11,16). The van der Waals surface area contributed by atoms with E-state index in [9.17, 15) is 4.79 Å². The Hall–Kier alpha value is -1.80. The fourth-order valence-corrected chi connectivity index (χ4v) is 0.855. The van der Waals surface area contributed by atoms with E-state index in [2.05, 4.69) is 10.6 Å². The van der Waals surface area contributed by atoms with Gasteiger partial charge in [-0.05, 0) is 0 Å². The van der Waals surface area contributed by atoms with Gasteiger partial charge >= 0.3 is 6.03 Å². The molecule has 1 atom stereocenters. The largest absolute Gasteiger partial charge is 0.513 e. The number of amidine groups is 1. The number of hydrogen-bond donors (Lipinski definition) is 6. The second kappa shape index (κ2) is 6.64. The third-order valence-corrected chi connectivity index (χ3v) is 1.74. The highest BCUT2D eigenvalue weighted by Gasteiger charge is 2.16. The van der Waals surface area contributed by atoms with Crippen molar-refractivity contribution >= 4 is 11.9 Å². The van der Waals surface area contributed by atoms with Gasteiger partial charge in [-0.2, -0.15) is 0 Å². The molecule has 8 heteroatoms. The number of carbonyl (C=O) groups is 1. The molecule has 16 heavy (non-hydrogen) atoms. The molecular weight excluding hydrogens is 214 g/mol. The summed E-state index contributed by atoms with van der Waals surface area (Å²) in [4.78, 5) is 12.2. The first-order valence-electron chi connectivity index (χ1n) is 4.50. The zero-order valence-electron chi connectivity index (χ0n) is 9.19. The molecule has 0 aromatic carbocycles. The van der Waals surface area contributed by atoms with Gasteiger partial charge in [0.25, 0.3) is 0 Å². The number of nitrogens with two attached hydrogens (primary N) is 1. The number of rotatable bonds is 4. The van der Waals surface area contributed by atoms with Crippen molar-refractivity contribution in [3.63, 3.8) is 0 Å². The summed E-state index contributed by atoms with van der Waals surface area (Å²) < 4.78 is 0. The van der Waals surface area contributed by atoms with E-state index in [1.165, 1.54) is 14.1 Å². The molecule has 8 nitrogen and oxygen atoms in total. The van der Waals surface area contributed by atoms with Crippen molar-refractivity contribution in [2.75, 3.05) is 20.6 Å². The van der Waals surface area contributed by atoms with Gasteiger partial charge in [-0.25, -0.2) is 4.79 Å². The molecule has 7 N–H and O–H groups in total. The maximum absolute atomic E-state index is 11.2. The van der Waals surface area contributed by atoms with E-state index < -0.39 is 12.3 Å². The molecule has 0 aromatic rings. The van der Waals surface area contributed by atoms with Gasteiger partial charge in [0.05, 0.1) is 6.54 Å². The van der Waals surface area contributed by atoms with Crippen molar-refractivity contribution < 1.29 is 15.0 Å². The number of amides is 2. The number of nitrogens with zero attached hydrogens (tertiary/aromatic N) is 1. The Labute approximate surface area is 93.2 Å². The van der Waals surface area contributed by atoms with E-state index >= 15 is 0 Å². The van der Waals surface area contributed by atoms with Crippen molar-refractivity contribution in [2.24, 2.45) is 5.73 Å². The lowest BCUT2D eigenvalue weighted by molar-refractivity contribution is 0.183. The summed E-state index contributed by atoms with van der Waals surface area (Å²) in [5.74, 6) is -0.248. The number of likely N-dealkylation sites (N-methyl/N-ethyl adjacent to an activating group) is 1. The molecule has 0 aliphatic carbocycles. The molecule has 0 fully saturated rings. The molecule has 0 aliphatic rings. The number of urea groups is 1. The molecule has 0 rings (SSSR count). The van der Waals surface area contributed by atoms with Gasteiger partial charge in [0.1, 0.15) is 18.2 Å². The van der Waals surface area contributed by atoms with Crippen LogP contribution in [0.2, 0.25) is 0 Å². The van der Waals surface area contributed by atoms with E-state index in [0.717, 1.165) is 4.90 Å². The molecule has 1 unspecified atom stereocenters. The SMILES string of the molecule is CNC(=O)N(C)C(=N)C(=CO)NCC(N)O. The predicted octanol–water partition coefficient (Wildman–Crippen LogP) is -1.50. The monoisotopic (exact) mass is 231 g/mol. The lowest BCUT2D eigenvalue weighted by Gasteiger charge is -2.20. The first-order valence-corrected chi connectivity index (χ1v) is 4.50. The van der Waals surface area contributed by atoms with Crippen LogP contribution >= 0.6 is 0 Å². The summed E-state index contributed by atoms with van der Waals surface area (Å²) in [5, 5.41) is 30.1. The van der Waals surface area contributed by atoms with Crippen LogP contribution in [0.1, 0.15) is 0 Å². The Morgan fingerprint density at radius 3 is 2.62 bits per heavy atom. The Bertz CT molecular complexity index is 289. The van der Waals surface area contributed by atoms with E-state index in [4.69, 9.17) is 21.4 Å². The van der Waals surface area contributed by atoms with Gasteiger partial charge in [0.2, 0.25) is 0 Å². The van der Waals surface area contributed by atoms with E-state index in [1.807, 2.05) is 0 Å². The quantitative estimate of drug-likeness (QED) is 0.151. The molecular formula is C8H17N5O3. The fraction of sp³-hybridized carbons (Fsp3) is 0.500. The number of carbonyl (C=O) groups excluding carboxylic acids is 1. The van der Waals surface area contributed by atoms with E-state index in [0.29, 0.717) is 6.26 Å². The smallest absolute Gasteiger partial charge is 0.322 e. The normalized spacial score (nSPS) is 12.9. The summed E-state index contributed by atoms with van der Waals surface area (Å²) in [6, 6.07) is -0.501. The van der Waals surface area contributed by atoms with Crippen LogP contribution in [-0.4, -0.2) is 53.8 Å². The van der Waals surface area contributed by atoms with Crippen molar-refractivity contribution in [2.45, 2.75) is 6.23 Å². The van der Waals surface area contributed by atoms with Crippen molar-refractivity contribution in [1.82, 2.24) is 15.5 Å². The maximum Gasteiger partial charge on any atom is 0.322 e. The Kier molecular flexibility index (Phi) is 5.89. The van der Waals surface area contributed by atoms with Gasteiger partial charge in [0.15, 0.2) is 5.84 Å². The minimum atomic E-state index is -1.12. The van der Waals surface area contributed by atoms with Crippen LogP contribution in [0.4, 0.5) is 4.79 Å².